The van der Waals surface area contributed by atoms with Crippen molar-refractivity contribution in [3.05, 3.63) is 54.1 Å². The van der Waals surface area contributed by atoms with Crippen molar-refractivity contribution in [2.75, 3.05) is 15.5 Å². The molecular formula is C22H20N4O4. The van der Waals surface area contributed by atoms with Gasteiger partial charge in [-0.3, -0.25) is 24.5 Å². The number of carbonyl (C=O) groups is 4. The fraction of sp³-hybridized carbons (Fsp3) is 0.273. The lowest BCUT2D eigenvalue weighted by atomic mass is 9.76. The van der Waals surface area contributed by atoms with Gasteiger partial charge in [0.25, 0.3) is 0 Å². The van der Waals surface area contributed by atoms with Crippen LogP contribution in [0.4, 0.5) is 17.1 Å². The number of imide groups is 1. The van der Waals surface area contributed by atoms with E-state index < -0.39 is 23.3 Å². The third-order valence-electron chi connectivity index (χ3n) is 6.22. The lowest BCUT2D eigenvalue weighted by Crippen LogP contribution is -2.53. The molecule has 4 atom stereocenters. The molecule has 152 valence electrons. The summed E-state index contributed by atoms with van der Waals surface area (Å²) < 4.78 is 0. The van der Waals surface area contributed by atoms with Gasteiger partial charge in [-0.05, 0) is 37.3 Å². The van der Waals surface area contributed by atoms with Crippen molar-refractivity contribution in [2.45, 2.75) is 25.4 Å². The van der Waals surface area contributed by atoms with E-state index >= 15 is 0 Å². The number of nitrogens with one attached hydrogen (secondary N) is 3. The van der Waals surface area contributed by atoms with Crippen molar-refractivity contribution in [1.29, 1.82) is 0 Å². The predicted molar refractivity (Wildman–Crippen MR) is 110 cm³/mol. The number of rotatable bonds is 2. The smallest absolute Gasteiger partial charge is 0.250 e. The SMILES string of the molecule is CC(=O)Nc1ccc(N2C(=O)C3C(C)NC4(C(=O)Nc5ccccc54)C3C2=O)cc1. The van der Waals surface area contributed by atoms with Gasteiger partial charge in [0.05, 0.1) is 17.5 Å². The molecule has 0 aromatic heterocycles. The van der Waals surface area contributed by atoms with E-state index in [-0.39, 0.29) is 23.8 Å². The van der Waals surface area contributed by atoms with Gasteiger partial charge in [-0.2, -0.15) is 0 Å². The van der Waals surface area contributed by atoms with Gasteiger partial charge in [0.2, 0.25) is 23.6 Å². The second-order valence-corrected chi connectivity index (χ2v) is 7.98. The average Bonchev–Trinajstić information content (AvgIpc) is 3.27. The molecule has 4 unspecified atom stereocenters. The number of hydrogen-bond acceptors (Lipinski definition) is 5. The van der Waals surface area contributed by atoms with Crippen LogP contribution in [0.3, 0.4) is 0 Å². The third-order valence-corrected chi connectivity index (χ3v) is 6.22. The highest BCUT2D eigenvalue weighted by atomic mass is 16.2. The quantitative estimate of drug-likeness (QED) is 0.659. The van der Waals surface area contributed by atoms with Crippen molar-refractivity contribution in [3.63, 3.8) is 0 Å². The Morgan fingerprint density at radius 2 is 1.73 bits per heavy atom. The summed E-state index contributed by atoms with van der Waals surface area (Å²) in [5.74, 6) is -2.74. The van der Waals surface area contributed by atoms with E-state index in [1.165, 1.54) is 11.8 Å². The zero-order valence-electron chi connectivity index (χ0n) is 16.4. The second kappa shape index (κ2) is 6.24. The summed E-state index contributed by atoms with van der Waals surface area (Å²) >= 11 is 0. The van der Waals surface area contributed by atoms with E-state index in [4.69, 9.17) is 0 Å². The van der Waals surface area contributed by atoms with Gasteiger partial charge >= 0.3 is 0 Å². The monoisotopic (exact) mass is 404 g/mol. The first-order valence-electron chi connectivity index (χ1n) is 9.78. The van der Waals surface area contributed by atoms with Crippen LogP contribution in [0.15, 0.2) is 48.5 Å². The van der Waals surface area contributed by atoms with E-state index in [0.717, 1.165) is 0 Å². The molecule has 0 saturated carbocycles. The van der Waals surface area contributed by atoms with Crippen molar-refractivity contribution >= 4 is 40.7 Å². The lowest BCUT2D eigenvalue weighted by molar-refractivity contribution is -0.130. The Morgan fingerprint density at radius 3 is 2.43 bits per heavy atom. The molecule has 4 amide bonds. The summed E-state index contributed by atoms with van der Waals surface area (Å²) in [6.45, 7) is 3.23. The number of hydrogen-bond donors (Lipinski definition) is 3. The minimum absolute atomic E-state index is 0.210. The molecule has 5 rings (SSSR count). The number of fused-ring (bicyclic) bond motifs is 4. The highest BCUT2D eigenvalue weighted by Crippen LogP contribution is 2.53. The molecule has 2 fully saturated rings. The van der Waals surface area contributed by atoms with Crippen LogP contribution in [0.5, 0.6) is 0 Å². The molecule has 30 heavy (non-hydrogen) atoms. The topological polar surface area (TPSA) is 108 Å². The Bertz CT molecular complexity index is 1110. The van der Waals surface area contributed by atoms with E-state index in [1.54, 1.807) is 30.3 Å². The molecule has 0 aliphatic carbocycles. The van der Waals surface area contributed by atoms with Crippen LogP contribution < -0.4 is 20.9 Å². The lowest BCUT2D eigenvalue weighted by Gasteiger charge is -2.29. The Hall–Kier alpha value is -3.52. The van der Waals surface area contributed by atoms with E-state index in [1.807, 2.05) is 25.1 Å². The molecule has 0 radical (unpaired) electrons. The first-order chi connectivity index (χ1) is 14.3. The fourth-order valence-corrected chi connectivity index (χ4v) is 5.07. The van der Waals surface area contributed by atoms with Crippen LogP contribution in [0.2, 0.25) is 0 Å². The number of para-hydroxylation sites is 1. The van der Waals surface area contributed by atoms with Crippen molar-refractivity contribution < 1.29 is 19.2 Å². The molecule has 2 aromatic carbocycles. The summed E-state index contributed by atoms with van der Waals surface area (Å²) in [5, 5.41) is 8.79. The second-order valence-electron chi connectivity index (χ2n) is 7.98. The van der Waals surface area contributed by atoms with Crippen LogP contribution in [-0.4, -0.2) is 29.7 Å². The summed E-state index contributed by atoms with van der Waals surface area (Å²) in [5.41, 5.74) is 1.07. The Labute approximate surface area is 172 Å². The number of nitrogens with zero attached hydrogens (tertiary/aromatic N) is 1. The van der Waals surface area contributed by atoms with Crippen molar-refractivity contribution in [3.8, 4) is 0 Å². The minimum Gasteiger partial charge on any atom is -0.326 e. The van der Waals surface area contributed by atoms with E-state index in [9.17, 15) is 19.2 Å². The Morgan fingerprint density at radius 1 is 1.03 bits per heavy atom. The van der Waals surface area contributed by atoms with E-state index in [0.29, 0.717) is 22.6 Å². The molecule has 3 N–H and O–H groups in total. The summed E-state index contributed by atoms with van der Waals surface area (Å²) in [7, 11) is 0. The zero-order valence-corrected chi connectivity index (χ0v) is 16.4. The molecule has 3 heterocycles. The van der Waals surface area contributed by atoms with Gasteiger partial charge in [0, 0.05) is 29.9 Å². The van der Waals surface area contributed by atoms with Crippen LogP contribution >= 0.6 is 0 Å². The molecule has 0 bridgehead atoms. The summed E-state index contributed by atoms with van der Waals surface area (Å²) in [6, 6.07) is 13.4. The maximum Gasteiger partial charge on any atom is 0.250 e. The number of amides is 4. The van der Waals surface area contributed by atoms with E-state index in [2.05, 4.69) is 16.0 Å². The summed E-state index contributed by atoms with van der Waals surface area (Å²) in [4.78, 5) is 52.3. The molecule has 2 aromatic rings. The molecule has 3 aliphatic heterocycles. The Kier molecular flexibility index (Phi) is 3.85. The van der Waals surface area contributed by atoms with Gasteiger partial charge in [0.15, 0.2) is 0 Å². The Balaban J connectivity index is 1.56. The summed E-state index contributed by atoms with van der Waals surface area (Å²) in [6.07, 6.45) is 0. The first-order valence-corrected chi connectivity index (χ1v) is 9.78. The third kappa shape index (κ3) is 2.31. The first kappa shape index (κ1) is 18.5. The minimum atomic E-state index is -1.27. The standard InChI is InChI=1S/C22H20N4O4/c1-11-17-18(22(25-11)15-5-3-4-6-16(15)24-21(22)30)20(29)26(19(17)28)14-9-7-13(8-10-14)23-12(2)27/h3-11,17-18,25H,1-2H3,(H,23,27)(H,24,30). The molecule has 2 saturated heterocycles. The normalized spacial score (nSPS) is 29.2. The highest BCUT2D eigenvalue weighted by molar-refractivity contribution is 6.25. The molecule has 1 spiro atoms. The number of benzene rings is 2. The number of anilines is 3. The number of carbonyl (C=O) groups excluding carboxylic acids is 4. The molecule has 3 aliphatic rings. The van der Waals surface area contributed by atoms with Gasteiger partial charge in [-0.15, -0.1) is 0 Å². The fourth-order valence-electron chi connectivity index (χ4n) is 5.07. The van der Waals surface area contributed by atoms with Gasteiger partial charge in [-0.25, -0.2) is 4.90 Å². The molecular weight excluding hydrogens is 384 g/mol. The van der Waals surface area contributed by atoms with Crippen LogP contribution in [0.1, 0.15) is 19.4 Å². The van der Waals surface area contributed by atoms with Crippen LogP contribution in [0, 0.1) is 11.8 Å². The maximum atomic E-state index is 13.5. The highest BCUT2D eigenvalue weighted by Gasteiger charge is 2.69. The largest absolute Gasteiger partial charge is 0.326 e. The van der Waals surface area contributed by atoms with Crippen LogP contribution in [-0.2, 0) is 24.7 Å². The molecule has 8 nitrogen and oxygen atoms in total. The predicted octanol–water partition coefficient (Wildman–Crippen LogP) is 1.59. The van der Waals surface area contributed by atoms with Crippen molar-refractivity contribution in [1.82, 2.24) is 5.32 Å². The zero-order chi connectivity index (χ0) is 21.2. The van der Waals surface area contributed by atoms with Gasteiger partial charge in [0.1, 0.15) is 5.54 Å². The van der Waals surface area contributed by atoms with Crippen molar-refractivity contribution in [2.24, 2.45) is 11.8 Å². The average molecular weight is 404 g/mol. The van der Waals surface area contributed by atoms with Gasteiger partial charge in [-0.1, -0.05) is 18.2 Å². The molecule has 8 heteroatoms. The van der Waals surface area contributed by atoms with Crippen LogP contribution in [0.25, 0.3) is 0 Å². The maximum absolute atomic E-state index is 13.5. The van der Waals surface area contributed by atoms with Gasteiger partial charge < -0.3 is 10.6 Å².